The summed E-state index contributed by atoms with van der Waals surface area (Å²) in [6.07, 6.45) is 0. The first-order valence-corrected chi connectivity index (χ1v) is 10.1. The predicted molar refractivity (Wildman–Crippen MR) is 111 cm³/mol. The van der Waals surface area contributed by atoms with Crippen LogP contribution in [0.1, 0.15) is 15.9 Å². The third-order valence-corrected chi connectivity index (χ3v) is 5.56. The van der Waals surface area contributed by atoms with Crippen molar-refractivity contribution in [3.8, 4) is 5.75 Å². The van der Waals surface area contributed by atoms with Crippen molar-refractivity contribution in [3.05, 3.63) is 88.0 Å². The molecule has 3 aromatic carbocycles. The third-order valence-electron chi connectivity index (χ3n) is 4.16. The van der Waals surface area contributed by atoms with Gasteiger partial charge >= 0.3 is 0 Å². The molecule has 0 atom stereocenters. The quantitative estimate of drug-likeness (QED) is 0.405. The average molecular weight is 427 g/mol. The molecule has 0 radical (unpaired) electrons. The Balaban J connectivity index is 1.75. The van der Waals surface area contributed by atoms with E-state index in [-0.39, 0.29) is 21.8 Å². The number of rotatable bonds is 6. The van der Waals surface area contributed by atoms with E-state index in [0.717, 1.165) is 11.6 Å². The van der Waals surface area contributed by atoms with Crippen LogP contribution in [0.25, 0.3) is 0 Å². The zero-order valence-electron chi connectivity index (χ0n) is 15.7. The number of hydrogen-bond donors (Lipinski definition) is 3. The number of sulfonamides is 1. The van der Waals surface area contributed by atoms with E-state index in [2.05, 4.69) is 10.0 Å². The SMILES string of the molecule is Cc1ccc(S(=O)(=O)Nc2ccc(C(=O)Nc3ccc([N+](=O)[O-])cc3)c(O)c2)cc1. The second-order valence-electron chi connectivity index (χ2n) is 6.41. The van der Waals surface area contributed by atoms with E-state index < -0.39 is 26.6 Å². The second-order valence-corrected chi connectivity index (χ2v) is 8.09. The normalized spacial score (nSPS) is 11.0. The van der Waals surface area contributed by atoms with Gasteiger partial charge in [0.15, 0.2) is 0 Å². The molecular formula is C20H17N3O6S. The zero-order chi connectivity index (χ0) is 21.9. The van der Waals surface area contributed by atoms with Crippen LogP contribution < -0.4 is 10.0 Å². The highest BCUT2D eigenvalue weighted by molar-refractivity contribution is 7.92. The Hall–Kier alpha value is -3.92. The Kier molecular flexibility index (Phi) is 5.70. The summed E-state index contributed by atoms with van der Waals surface area (Å²) in [5.41, 5.74) is 1.08. The highest BCUT2D eigenvalue weighted by Gasteiger charge is 2.17. The predicted octanol–water partition coefficient (Wildman–Crippen LogP) is 3.66. The Morgan fingerprint density at radius 1 is 0.967 bits per heavy atom. The van der Waals surface area contributed by atoms with E-state index in [4.69, 9.17) is 0 Å². The topological polar surface area (TPSA) is 139 Å². The smallest absolute Gasteiger partial charge is 0.269 e. The molecule has 3 rings (SSSR count). The fourth-order valence-electron chi connectivity index (χ4n) is 2.58. The number of nitrogens with zero attached hydrogens (tertiary/aromatic N) is 1. The Morgan fingerprint density at radius 2 is 1.57 bits per heavy atom. The number of carbonyl (C=O) groups excluding carboxylic acids is 1. The van der Waals surface area contributed by atoms with Gasteiger partial charge in [-0.3, -0.25) is 19.6 Å². The average Bonchev–Trinajstić information content (AvgIpc) is 2.68. The fourth-order valence-corrected chi connectivity index (χ4v) is 3.63. The Labute approximate surface area is 172 Å². The van der Waals surface area contributed by atoms with Crippen molar-refractivity contribution in [2.75, 3.05) is 10.0 Å². The van der Waals surface area contributed by atoms with E-state index in [1.54, 1.807) is 12.1 Å². The summed E-state index contributed by atoms with van der Waals surface area (Å²) >= 11 is 0. The summed E-state index contributed by atoms with van der Waals surface area (Å²) in [6, 6.07) is 15.2. The molecule has 0 saturated heterocycles. The number of aromatic hydroxyl groups is 1. The third kappa shape index (κ3) is 4.73. The monoisotopic (exact) mass is 427 g/mol. The molecule has 0 unspecified atom stereocenters. The summed E-state index contributed by atoms with van der Waals surface area (Å²) in [5, 5.41) is 23.4. The van der Waals surface area contributed by atoms with Gasteiger partial charge in [-0.2, -0.15) is 0 Å². The van der Waals surface area contributed by atoms with Gasteiger partial charge < -0.3 is 10.4 Å². The zero-order valence-corrected chi connectivity index (χ0v) is 16.5. The van der Waals surface area contributed by atoms with Crippen LogP contribution in [0.5, 0.6) is 5.75 Å². The Morgan fingerprint density at radius 3 is 2.13 bits per heavy atom. The molecule has 0 aliphatic carbocycles. The van der Waals surface area contributed by atoms with Crippen LogP contribution in [-0.4, -0.2) is 24.4 Å². The number of benzene rings is 3. The van der Waals surface area contributed by atoms with Crippen molar-refractivity contribution in [3.63, 3.8) is 0 Å². The van der Waals surface area contributed by atoms with Crippen molar-refractivity contribution in [2.24, 2.45) is 0 Å². The lowest BCUT2D eigenvalue weighted by atomic mass is 10.1. The molecule has 154 valence electrons. The number of non-ortho nitro benzene ring substituents is 1. The van der Waals surface area contributed by atoms with Gasteiger partial charge in [-0.05, 0) is 43.3 Å². The first-order valence-electron chi connectivity index (χ1n) is 8.64. The Bertz CT molecular complexity index is 1210. The molecule has 0 aliphatic heterocycles. The number of anilines is 2. The number of phenolic OH excluding ortho intramolecular Hbond substituents is 1. The molecule has 0 bridgehead atoms. The molecular weight excluding hydrogens is 410 g/mol. The van der Waals surface area contributed by atoms with E-state index in [0.29, 0.717) is 5.69 Å². The summed E-state index contributed by atoms with van der Waals surface area (Å²) in [5.74, 6) is -1.09. The van der Waals surface area contributed by atoms with Crippen molar-refractivity contribution < 1.29 is 23.2 Å². The molecule has 0 spiro atoms. The van der Waals surface area contributed by atoms with Gasteiger partial charge in [-0.15, -0.1) is 0 Å². The van der Waals surface area contributed by atoms with Gasteiger partial charge in [0.2, 0.25) is 0 Å². The molecule has 30 heavy (non-hydrogen) atoms. The molecule has 0 saturated carbocycles. The lowest BCUT2D eigenvalue weighted by Gasteiger charge is -2.11. The molecule has 0 aliphatic rings. The van der Waals surface area contributed by atoms with Crippen LogP contribution in [0.2, 0.25) is 0 Å². The van der Waals surface area contributed by atoms with Gasteiger partial charge in [-0.25, -0.2) is 8.42 Å². The standard InChI is InChI=1S/C20H17N3O6S/c1-13-2-9-17(10-3-13)30(28,29)22-15-6-11-18(19(24)12-15)20(25)21-14-4-7-16(8-5-14)23(26)27/h2-12,22,24H,1H3,(H,21,25). The summed E-state index contributed by atoms with van der Waals surface area (Å²) in [6.45, 7) is 1.84. The molecule has 9 nitrogen and oxygen atoms in total. The number of hydrogen-bond acceptors (Lipinski definition) is 6. The first-order chi connectivity index (χ1) is 14.2. The molecule has 3 N–H and O–H groups in total. The maximum absolute atomic E-state index is 12.4. The molecule has 0 heterocycles. The van der Waals surface area contributed by atoms with Crippen LogP contribution in [0, 0.1) is 17.0 Å². The van der Waals surface area contributed by atoms with Gasteiger partial charge in [0, 0.05) is 23.9 Å². The minimum atomic E-state index is -3.86. The number of aryl methyl sites for hydroxylation is 1. The van der Waals surface area contributed by atoms with Crippen LogP contribution in [-0.2, 0) is 10.0 Å². The van der Waals surface area contributed by atoms with Gasteiger partial charge in [0.25, 0.3) is 21.6 Å². The van der Waals surface area contributed by atoms with Crippen molar-refractivity contribution >= 4 is 33.0 Å². The minimum Gasteiger partial charge on any atom is -0.507 e. The summed E-state index contributed by atoms with van der Waals surface area (Å²) in [7, 11) is -3.86. The van der Waals surface area contributed by atoms with Crippen molar-refractivity contribution in [1.82, 2.24) is 0 Å². The lowest BCUT2D eigenvalue weighted by molar-refractivity contribution is -0.384. The van der Waals surface area contributed by atoms with Crippen LogP contribution in [0.3, 0.4) is 0 Å². The molecule has 10 heteroatoms. The highest BCUT2D eigenvalue weighted by atomic mass is 32.2. The maximum Gasteiger partial charge on any atom is 0.269 e. The number of carbonyl (C=O) groups is 1. The van der Waals surface area contributed by atoms with Gasteiger partial charge in [-0.1, -0.05) is 17.7 Å². The summed E-state index contributed by atoms with van der Waals surface area (Å²) in [4.78, 5) is 22.5. The maximum atomic E-state index is 12.4. The minimum absolute atomic E-state index is 0.0626. The number of nitro benzene ring substituents is 1. The number of nitrogens with one attached hydrogen (secondary N) is 2. The fraction of sp³-hybridized carbons (Fsp3) is 0.0500. The molecule has 1 amide bonds. The number of amides is 1. The van der Waals surface area contributed by atoms with Crippen LogP contribution in [0.4, 0.5) is 17.1 Å². The highest BCUT2D eigenvalue weighted by Crippen LogP contribution is 2.25. The van der Waals surface area contributed by atoms with Gasteiger partial charge in [0.1, 0.15) is 5.75 Å². The molecule has 0 aromatic heterocycles. The lowest BCUT2D eigenvalue weighted by Crippen LogP contribution is -2.14. The number of phenols is 1. The molecule has 0 fully saturated rings. The van der Waals surface area contributed by atoms with Crippen LogP contribution in [0.15, 0.2) is 71.6 Å². The van der Waals surface area contributed by atoms with E-state index >= 15 is 0 Å². The number of nitro groups is 1. The largest absolute Gasteiger partial charge is 0.507 e. The molecule has 3 aromatic rings. The summed E-state index contributed by atoms with van der Waals surface area (Å²) < 4.78 is 27.2. The second kappa shape index (κ2) is 8.21. The van der Waals surface area contributed by atoms with E-state index in [1.807, 2.05) is 6.92 Å². The van der Waals surface area contributed by atoms with Crippen molar-refractivity contribution in [1.29, 1.82) is 0 Å². The van der Waals surface area contributed by atoms with E-state index in [9.17, 15) is 28.4 Å². The van der Waals surface area contributed by atoms with Gasteiger partial charge in [0.05, 0.1) is 21.1 Å². The van der Waals surface area contributed by atoms with Crippen molar-refractivity contribution in [2.45, 2.75) is 11.8 Å². The first kappa shape index (κ1) is 20.8. The van der Waals surface area contributed by atoms with Crippen LogP contribution >= 0.6 is 0 Å². The van der Waals surface area contributed by atoms with E-state index in [1.165, 1.54) is 48.5 Å².